The maximum absolute atomic E-state index is 13.0. The lowest BCUT2D eigenvalue weighted by atomic mass is 10.1. The van der Waals surface area contributed by atoms with Gasteiger partial charge < -0.3 is 14.4 Å². The van der Waals surface area contributed by atoms with Gasteiger partial charge in [0.1, 0.15) is 5.75 Å². The maximum atomic E-state index is 13.0. The van der Waals surface area contributed by atoms with Gasteiger partial charge in [-0.05, 0) is 53.3 Å². The lowest BCUT2D eigenvalue weighted by Gasteiger charge is -2.23. The lowest BCUT2D eigenvalue weighted by Crippen LogP contribution is -2.33. The van der Waals surface area contributed by atoms with Crippen LogP contribution in [-0.2, 0) is 16.1 Å². The summed E-state index contributed by atoms with van der Waals surface area (Å²) in [5.74, 6) is 0.296. The molecule has 0 spiro atoms. The van der Waals surface area contributed by atoms with E-state index in [0.717, 1.165) is 14.9 Å². The van der Waals surface area contributed by atoms with E-state index >= 15 is 0 Å². The molecule has 2 aromatic rings. The molecule has 0 radical (unpaired) electrons. The summed E-state index contributed by atoms with van der Waals surface area (Å²) in [5, 5.41) is 0. The topological polar surface area (TPSA) is 55.8 Å². The Labute approximate surface area is 167 Å². The van der Waals surface area contributed by atoms with E-state index in [1.54, 1.807) is 37.1 Å². The molecule has 1 amide bonds. The Kier molecular flexibility index (Phi) is 7.90. The Bertz CT molecular complexity index is 749. The summed E-state index contributed by atoms with van der Waals surface area (Å²) in [6.07, 6.45) is 0.166. The van der Waals surface area contributed by atoms with Gasteiger partial charge in [-0.25, -0.2) is 0 Å². The van der Waals surface area contributed by atoms with Gasteiger partial charge in [0.05, 0.1) is 23.7 Å². The number of hydrogen-bond donors (Lipinski definition) is 0. The summed E-state index contributed by atoms with van der Waals surface area (Å²) in [5.41, 5.74) is 1.57. The third-order valence-corrected chi connectivity index (χ3v) is 4.64. The van der Waals surface area contributed by atoms with Crippen LogP contribution in [0.1, 0.15) is 29.3 Å². The van der Waals surface area contributed by atoms with E-state index in [0.29, 0.717) is 25.3 Å². The van der Waals surface area contributed by atoms with Gasteiger partial charge in [0.15, 0.2) is 0 Å². The molecule has 26 heavy (non-hydrogen) atoms. The van der Waals surface area contributed by atoms with Gasteiger partial charge in [0, 0.05) is 18.7 Å². The first-order chi connectivity index (χ1) is 12.5. The Morgan fingerprint density at radius 3 is 2.46 bits per heavy atom. The number of ether oxygens (including phenoxy) is 2. The molecule has 2 rings (SSSR count). The van der Waals surface area contributed by atoms with Crippen molar-refractivity contribution < 1.29 is 19.1 Å². The molecular formula is C20H22INO4. The van der Waals surface area contributed by atoms with Crippen molar-refractivity contribution in [1.29, 1.82) is 0 Å². The minimum atomic E-state index is -0.303. The molecule has 0 fully saturated rings. The highest BCUT2D eigenvalue weighted by atomic mass is 127. The maximum Gasteiger partial charge on any atom is 0.307 e. The quantitative estimate of drug-likeness (QED) is 0.437. The molecular weight excluding hydrogens is 445 g/mol. The molecule has 6 heteroatoms. The van der Waals surface area contributed by atoms with Crippen molar-refractivity contribution in [2.45, 2.75) is 19.9 Å². The highest BCUT2D eigenvalue weighted by molar-refractivity contribution is 14.1. The average Bonchev–Trinajstić information content (AvgIpc) is 2.65. The summed E-state index contributed by atoms with van der Waals surface area (Å²) in [4.78, 5) is 26.4. The number of methoxy groups -OCH3 is 1. The zero-order chi connectivity index (χ0) is 18.9. The van der Waals surface area contributed by atoms with Crippen molar-refractivity contribution in [3.8, 4) is 5.75 Å². The standard InChI is InChI=1S/C20H22INO4/c1-3-26-19(23)11-12-22(14-15-7-5-4-6-8-15)20(24)16-9-10-18(25-2)17(21)13-16/h4-10,13H,3,11-12,14H2,1-2H3. The molecule has 0 aliphatic carbocycles. The van der Waals surface area contributed by atoms with Crippen molar-refractivity contribution >= 4 is 34.5 Å². The Morgan fingerprint density at radius 1 is 1.12 bits per heavy atom. The molecule has 0 N–H and O–H groups in total. The second-order valence-corrected chi connectivity index (χ2v) is 6.78. The minimum absolute atomic E-state index is 0.126. The van der Waals surface area contributed by atoms with Crippen LogP contribution < -0.4 is 4.74 Å². The van der Waals surface area contributed by atoms with Gasteiger partial charge in [-0.2, -0.15) is 0 Å². The van der Waals surface area contributed by atoms with Crippen molar-refractivity contribution in [3.63, 3.8) is 0 Å². The summed E-state index contributed by atoms with van der Waals surface area (Å²) in [6.45, 7) is 2.84. The van der Waals surface area contributed by atoms with Gasteiger partial charge in [0.25, 0.3) is 5.91 Å². The molecule has 0 atom stereocenters. The SMILES string of the molecule is CCOC(=O)CCN(Cc1ccccc1)C(=O)c1ccc(OC)c(I)c1. The first-order valence-electron chi connectivity index (χ1n) is 8.37. The predicted octanol–water partition coefficient (Wildman–Crippen LogP) is 3.90. The normalized spacial score (nSPS) is 10.3. The van der Waals surface area contributed by atoms with Gasteiger partial charge >= 0.3 is 5.97 Å². The highest BCUT2D eigenvalue weighted by Crippen LogP contribution is 2.23. The number of nitrogens with zero attached hydrogens (tertiary/aromatic N) is 1. The molecule has 0 bridgehead atoms. The van der Waals surface area contributed by atoms with Crippen LogP contribution in [0.4, 0.5) is 0 Å². The zero-order valence-electron chi connectivity index (χ0n) is 14.9. The van der Waals surface area contributed by atoms with Crippen LogP contribution in [0.25, 0.3) is 0 Å². The zero-order valence-corrected chi connectivity index (χ0v) is 17.1. The third kappa shape index (κ3) is 5.72. The van der Waals surface area contributed by atoms with Crippen molar-refractivity contribution in [3.05, 3.63) is 63.2 Å². The Balaban J connectivity index is 2.19. The minimum Gasteiger partial charge on any atom is -0.496 e. The summed E-state index contributed by atoms with van der Waals surface area (Å²) in [6, 6.07) is 15.0. The summed E-state index contributed by atoms with van der Waals surface area (Å²) < 4.78 is 11.1. The number of esters is 1. The van der Waals surface area contributed by atoms with Crippen LogP contribution in [0.5, 0.6) is 5.75 Å². The van der Waals surface area contributed by atoms with E-state index in [1.165, 1.54) is 0 Å². The number of carbonyl (C=O) groups is 2. The molecule has 0 unspecified atom stereocenters. The Morgan fingerprint density at radius 2 is 1.85 bits per heavy atom. The molecule has 0 saturated carbocycles. The molecule has 0 aromatic heterocycles. The van der Waals surface area contributed by atoms with E-state index < -0.39 is 0 Å². The van der Waals surface area contributed by atoms with Crippen LogP contribution in [0, 0.1) is 3.57 Å². The second-order valence-electron chi connectivity index (χ2n) is 5.62. The monoisotopic (exact) mass is 467 g/mol. The third-order valence-electron chi connectivity index (χ3n) is 3.79. The first-order valence-corrected chi connectivity index (χ1v) is 9.45. The van der Waals surface area contributed by atoms with E-state index in [9.17, 15) is 9.59 Å². The average molecular weight is 467 g/mol. The number of benzene rings is 2. The smallest absolute Gasteiger partial charge is 0.307 e. The van der Waals surface area contributed by atoms with Gasteiger partial charge in [-0.15, -0.1) is 0 Å². The van der Waals surface area contributed by atoms with E-state index in [4.69, 9.17) is 9.47 Å². The van der Waals surface area contributed by atoms with Crippen LogP contribution in [0.15, 0.2) is 48.5 Å². The fraction of sp³-hybridized carbons (Fsp3) is 0.300. The molecule has 0 saturated heterocycles. The van der Waals surface area contributed by atoms with Crippen LogP contribution in [0.3, 0.4) is 0 Å². The summed E-state index contributed by atoms with van der Waals surface area (Å²) in [7, 11) is 1.60. The molecule has 0 heterocycles. The lowest BCUT2D eigenvalue weighted by molar-refractivity contribution is -0.143. The fourth-order valence-corrected chi connectivity index (χ4v) is 3.23. The van der Waals surface area contributed by atoms with Gasteiger partial charge in [-0.1, -0.05) is 30.3 Å². The highest BCUT2D eigenvalue weighted by Gasteiger charge is 2.19. The van der Waals surface area contributed by atoms with E-state index in [-0.39, 0.29) is 18.3 Å². The van der Waals surface area contributed by atoms with Crippen LogP contribution in [-0.4, -0.2) is 37.0 Å². The number of amides is 1. The summed E-state index contributed by atoms with van der Waals surface area (Å²) >= 11 is 2.14. The van der Waals surface area contributed by atoms with E-state index in [2.05, 4.69) is 22.6 Å². The number of hydrogen-bond acceptors (Lipinski definition) is 4. The van der Waals surface area contributed by atoms with Crippen molar-refractivity contribution in [2.75, 3.05) is 20.3 Å². The molecule has 5 nitrogen and oxygen atoms in total. The first kappa shape index (κ1) is 20.2. The number of halogens is 1. The molecule has 0 aliphatic heterocycles. The fourth-order valence-electron chi connectivity index (χ4n) is 2.50. The van der Waals surface area contributed by atoms with Crippen LogP contribution >= 0.6 is 22.6 Å². The van der Waals surface area contributed by atoms with Crippen LogP contribution in [0.2, 0.25) is 0 Å². The predicted molar refractivity (Wildman–Crippen MR) is 108 cm³/mol. The van der Waals surface area contributed by atoms with Gasteiger partial charge in [0.2, 0.25) is 0 Å². The largest absolute Gasteiger partial charge is 0.496 e. The number of rotatable bonds is 8. The second kappa shape index (κ2) is 10.2. The van der Waals surface area contributed by atoms with Crippen molar-refractivity contribution in [2.24, 2.45) is 0 Å². The molecule has 0 aliphatic rings. The van der Waals surface area contributed by atoms with E-state index in [1.807, 2.05) is 30.3 Å². The molecule has 2 aromatic carbocycles. The Hall–Kier alpha value is -2.09. The van der Waals surface area contributed by atoms with Gasteiger partial charge in [-0.3, -0.25) is 9.59 Å². The number of carbonyl (C=O) groups excluding carboxylic acids is 2. The molecule has 138 valence electrons. The van der Waals surface area contributed by atoms with Crippen molar-refractivity contribution in [1.82, 2.24) is 4.90 Å².